The Hall–Kier alpha value is -4.38. The summed E-state index contributed by atoms with van der Waals surface area (Å²) in [5, 5.41) is 38.2. The van der Waals surface area contributed by atoms with E-state index in [9.17, 15) is 4.79 Å². The largest absolute Gasteiger partial charge is 0.484 e. The number of hydrogen-bond acceptors (Lipinski definition) is 7. The van der Waals surface area contributed by atoms with Crippen molar-refractivity contribution < 1.29 is 14.6 Å². The van der Waals surface area contributed by atoms with E-state index in [1.54, 1.807) is 41.5 Å². The average Bonchev–Trinajstić information content (AvgIpc) is 3.33. The lowest BCUT2D eigenvalue weighted by Crippen LogP contribution is -2.41. The van der Waals surface area contributed by atoms with Crippen LogP contribution in [0, 0.1) is 16.7 Å². The zero-order valence-electron chi connectivity index (χ0n) is 21.5. The maximum absolute atomic E-state index is 13.1. The van der Waals surface area contributed by atoms with Crippen LogP contribution in [-0.4, -0.2) is 38.2 Å². The number of nitrogens with zero attached hydrogens (tertiary/aromatic N) is 2. The van der Waals surface area contributed by atoms with E-state index in [0.29, 0.717) is 47.8 Å². The molecule has 0 spiro atoms. The quantitative estimate of drug-likeness (QED) is 0.204. The van der Waals surface area contributed by atoms with E-state index in [4.69, 9.17) is 20.7 Å². The number of H-pyrrole nitrogens is 1. The van der Waals surface area contributed by atoms with Crippen LogP contribution in [0.3, 0.4) is 0 Å². The summed E-state index contributed by atoms with van der Waals surface area (Å²) in [6.45, 7) is 4.14. The van der Waals surface area contributed by atoms with Gasteiger partial charge in [-0.25, -0.2) is 4.79 Å². The van der Waals surface area contributed by atoms with Crippen molar-refractivity contribution >= 4 is 17.4 Å². The Labute approximate surface area is 221 Å². The van der Waals surface area contributed by atoms with Gasteiger partial charge in [-0.1, -0.05) is 38.1 Å². The highest BCUT2D eigenvalue weighted by molar-refractivity contribution is 5.95. The minimum Gasteiger partial charge on any atom is -0.484 e. The molecule has 2 heterocycles. The lowest BCUT2D eigenvalue weighted by Gasteiger charge is -2.32. The molecule has 2 aromatic heterocycles. The molecule has 0 saturated heterocycles. The van der Waals surface area contributed by atoms with Gasteiger partial charge in [0.1, 0.15) is 23.2 Å². The summed E-state index contributed by atoms with van der Waals surface area (Å²) in [5.74, 6) is 0.982. The van der Waals surface area contributed by atoms with Gasteiger partial charge in [-0.2, -0.15) is 5.10 Å². The molecule has 0 aliphatic heterocycles. The van der Waals surface area contributed by atoms with E-state index in [1.807, 2.05) is 38.1 Å². The van der Waals surface area contributed by atoms with Crippen molar-refractivity contribution in [3.8, 4) is 5.75 Å². The van der Waals surface area contributed by atoms with Crippen LogP contribution in [0.25, 0.3) is 0 Å². The molecule has 1 aliphatic carbocycles. The highest BCUT2D eigenvalue weighted by atomic mass is 16.5. The van der Waals surface area contributed by atoms with Crippen molar-refractivity contribution in [3.63, 3.8) is 0 Å². The molecule has 1 aliphatic rings. The number of pyridine rings is 1. The van der Waals surface area contributed by atoms with Crippen molar-refractivity contribution in [1.29, 1.82) is 10.8 Å². The third-order valence-corrected chi connectivity index (χ3v) is 6.22. The number of benzene rings is 1. The van der Waals surface area contributed by atoms with Crippen LogP contribution in [0.2, 0.25) is 0 Å². The monoisotopic (exact) mass is 518 g/mol. The summed E-state index contributed by atoms with van der Waals surface area (Å²) in [7, 11) is 0. The van der Waals surface area contributed by atoms with Gasteiger partial charge in [-0.05, 0) is 48.1 Å². The Morgan fingerprint density at radius 3 is 2.76 bits per heavy atom. The number of aromatic amines is 1. The number of nitrogens with one attached hydrogen (secondary N) is 6. The smallest absolute Gasteiger partial charge is 0.320 e. The number of aliphatic hydroxyl groups excluding tert-OH is 1. The van der Waals surface area contributed by atoms with Crippen molar-refractivity contribution in [2.75, 3.05) is 11.9 Å². The molecular formula is C27H34N8O3. The first kappa shape index (κ1) is 26.7. The molecule has 0 bridgehead atoms. The lowest BCUT2D eigenvalue weighted by molar-refractivity contribution is 0.171. The molecule has 11 heteroatoms. The Balaban J connectivity index is 1.46. The first-order valence-corrected chi connectivity index (χ1v) is 12.6. The fourth-order valence-corrected chi connectivity index (χ4v) is 4.22. The van der Waals surface area contributed by atoms with E-state index in [1.165, 1.54) is 0 Å². The van der Waals surface area contributed by atoms with Gasteiger partial charge in [0.05, 0.1) is 31.1 Å². The molecule has 7 N–H and O–H groups in total. The van der Waals surface area contributed by atoms with Crippen molar-refractivity contribution in [2.45, 2.75) is 45.4 Å². The number of allylic oxidation sites excluding steroid dienone is 1. The summed E-state index contributed by atoms with van der Waals surface area (Å²) in [4.78, 5) is 15.9. The van der Waals surface area contributed by atoms with Gasteiger partial charge in [-0.15, -0.1) is 0 Å². The molecule has 2 atom stereocenters. The van der Waals surface area contributed by atoms with Crippen molar-refractivity contribution in [2.24, 2.45) is 5.92 Å². The van der Waals surface area contributed by atoms with E-state index in [0.717, 1.165) is 11.1 Å². The highest BCUT2D eigenvalue weighted by Crippen LogP contribution is 2.38. The van der Waals surface area contributed by atoms with Gasteiger partial charge >= 0.3 is 6.03 Å². The highest BCUT2D eigenvalue weighted by Gasteiger charge is 2.29. The minimum absolute atomic E-state index is 0.0224. The standard InChI is InChI=1S/C27H34N8O3/c1-17(2)22(28)13-26(32-18-14-31-35(16-18)11-12-36)34-27(37)33-23-8-9-24(21-6-4-3-5-20(21)23)38-19-7-10-25(29)30-15-19/h3-7,10,13-17,23-24,28,32,36H,8-9,11-12H2,1-2H3,(H2,29,30)(H2,33,34,37)/b26-13+,28-22?. The van der Waals surface area contributed by atoms with Crippen LogP contribution in [0.5, 0.6) is 5.75 Å². The molecule has 0 saturated carbocycles. The van der Waals surface area contributed by atoms with E-state index < -0.39 is 6.03 Å². The zero-order chi connectivity index (χ0) is 27.1. The summed E-state index contributed by atoms with van der Waals surface area (Å²) >= 11 is 0. The van der Waals surface area contributed by atoms with Crippen LogP contribution in [0.1, 0.15) is 50.0 Å². The van der Waals surface area contributed by atoms with Crippen LogP contribution >= 0.6 is 0 Å². The summed E-state index contributed by atoms with van der Waals surface area (Å²) in [6, 6.07) is 10.7. The second kappa shape index (κ2) is 12.2. The molecule has 2 amide bonds. The number of carbonyl (C=O) groups excluding carboxylic acids is 1. The molecule has 0 radical (unpaired) electrons. The fraction of sp³-hybridized carbons (Fsp3) is 0.333. The van der Waals surface area contributed by atoms with E-state index in [2.05, 4.69) is 26.0 Å². The second-order valence-electron chi connectivity index (χ2n) is 9.41. The number of hydrogen-bond donors (Lipinski definition) is 7. The average molecular weight is 519 g/mol. The van der Waals surface area contributed by atoms with Gasteiger partial charge in [-0.3, -0.25) is 15.4 Å². The Morgan fingerprint density at radius 1 is 1.26 bits per heavy atom. The van der Waals surface area contributed by atoms with Crippen LogP contribution in [0.4, 0.5) is 10.5 Å². The predicted molar refractivity (Wildman–Crippen MR) is 144 cm³/mol. The Morgan fingerprint density at radius 2 is 2.05 bits per heavy atom. The molecule has 200 valence electrons. The normalized spacial score (nSPS) is 17.0. The number of aromatic nitrogens is 3. The van der Waals surface area contributed by atoms with Gasteiger partial charge in [0.15, 0.2) is 0 Å². The number of urea groups is 1. The predicted octanol–water partition coefficient (Wildman–Crippen LogP) is 3.57. The van der Waals surface area contributed by atoms with Crippen molar-refractivity contribution in [3.05, 3.63) is 83.5 Å². The number of carbonyl (C=O) groups is 1. The molecule has 1 aromatic carbocycles. The van der Waals surface area contributed by atoms with Gasteiger partial charge in [0, 0.05) is 18.1 Å². The van der Waals surface area contributed by atoms with Crippen molar-refractivity contribution in [1.82, 2.24) is 25.4 Å². The zero-order valence-corrected chi connectivity index (χ0v) is 21.5. The third kappa shape index (κ3) is 6.88. The van der Waals surface area contributed by atoms with E-state index in [-0.39, 0.29) is 24.7 Å². The SMILES string of the molecule is CC(C)C(=N)/C=C(/NC(=O)NC1CCC(Oc2ccc(=N)[nH]c2)c2ccccc21)Nc1cnn(CCO)c1. The summed E-state index contributed by atoms with van der Waals surface area (Å²) in [6.07, 6.45) is 7.78. The van der Waals surface area contributed by atoms with Crippen LogP contribution in [0.15, 0.2) is 66.9 Å². The molecule has 11 nitrogen and oxygen atoms in total. The molecule has 4 rings (SSSR count). The van der Waals surface area contributed by atoms with Crippen LogP contribution < -0.4 is 26.2 Å². The number of aliphatic hydroxyl groups is 1. The second-order valence-corrected chi connectivity index (χ2v) is 9.41. The number of amides is 2. The number of fused-ring (bicyclic) bond motifs is 1. The fourth-order valence-electron chi connectivity index (χ4n) is 4.22. The third-order valence-electron chi connectivity index (χ3n) is 6.22. The van der Waals surface area contributed by atoms with Crippen LogP contribution in [-0.2, 0) is 6.54 Å². The van der Waals surface area contributed by atoms with E-state index >= 15 is 0 Å². The van der Waals surface area contributed by atoms with Gasteiger partial charge in [0.2, 0.25) is 0 Å². The minimum atomic E-state index is -0.400. The topological polar surface area (TPSA) is 164 Å². The number of anilines is 1. The Bertz CT molecular complexity index is 1340. The molecule has 2 unspecified atom stereocenters. The summed E-state index contributed by atoms with van der Waals surface area (Å²) in [5.41, 5.74) is 3.28. The number of ether oxygens (including phenoxy) is 1. The summed E-state index contributed by atoms with van der Waals surface area (Å²) < 4.78 is 7.79. The molecule has 3 aromatic rings. The maximum Gasteiger partial charge on any atom is 0.320 e. The lowest BCUT2D eigenvalue weighted by atomic mass is 9.85. The maximum atomic E-state index is 13.1. The molecule has 38 heavy (non-hydrogen) atoms. The molecular weight excluding hydrogens is 484 g/mol. The van der Waals surface area contributed by atoms with Gasteiger partial charge < -0.3 is 30.9 Å². The van der Waals surface area contributed by atoms with Gasteiger partial charge in [0.25, 0.3) is 0 Å². The first-order chi connectivity index (χ1) is 18.3. The molecule has 0 fully saturated rings. The Kier molecular flexibility index (Phi) is 8.59. The first-order valence-electron chi connectivity index (χ1n) is 12.6. The number of rotatable bonds is 10.